The molecule has 2 fully saturated rings. The van der Waals surface area contributed by atoms with Crippen molar-refractivity contribution in [1.82, 2.24) is 25.3 Å². The number of piperazine rings is 1. The largest absolute Gasteiger partial charge is 0.491 e. The molecule has 0 aliphatic carbocycles. The van der Waals surface area contributed by atoms with E-state index in [0.717, 1.165) is 29.1 Å². The summed E-state index contributed by atoms with van der Waals surface area (Å²) in [6, 6.07) is 5.43. The Kier molecular flexibility index (Phi) is 7.66. The third-order valence-corrected chi connectivity index (χ3v) is 7.70. The van der Waals surface area contributed by atoms with Crippen molar-refractivity contribution < 1.29 is 23.9 Å². The molecule has 2 bridgehead atoms. The molecule has 2 aromatic heterocycles. The number of methoxy groups -OCH3 is 1. The summed E-state index contributed by atoms with van der Waals surface area (Å²) < 4.78 is 16.3. The van der Waals surface area contributed by atoms with Crippen molar-refractivity contribution in [2.75, 3.05) is 45.3 Å². The number of aliphatic hydroxyl groups is 1. The molecule has 2 N–H and O–H groups in total. The van der Waals surface area contributed by atoms with E-state index >= 15 is 0 Å². The van der Waals surface area contributed by atoms with E-state index < -0.39 is 6.10 Å². The van der Waals surface area contributed by atoms with Crippen molar-refractivity contribution in [3.8, 4) is 28.4 Å². The lowest BCUT2D eigenvalue weighted by Gasteiger charge is -2.35. The van der Waals surface area contributed by atoms with Gasteiger partial charge in [-0.25, -0.2) is 14.8 Å². The molecule has 208 valence electrons. The van der Waals surface area contributed by atoms with Crippen LogP contribution in [0.15, 0.2) is 22.7 Å². The summed E-state index contributed by atoms with van der Waals surface area (Å²) in [5.74, 6) is 2.42. The molecule has 2 aliphatic rings. The molecule has 5 rings (SSSR count). The number of halogens is 1. The molecule has 0 saturated carbocycles. The predicted molar refractivity (Wildman–Crippen MR) is 146 cm³/mol. The number of aryl methyl sites for hydroxylation is 2. The molecule has 1 amide bonds. The molecule has 1 aromatic carbocycles. The van der Waals surface area contributed by atoms with Gasteiger partial charge in [-0.15, -0.1) is 0 Å². The zero-order valence-electron chi connectivity index (χ0n) is 22.7. The van der Waals surface area contributed by atoms with Crippen LogP contribution in [0.25, 0.3) is 22.6 Å². The zero-order valence-corrected chi connectivity index (χ0v) is 23.4. The van der Waals surface area contributed by atoms with Crippen LogP contribution in [-0.4, -0.2) is 89.8 Å². The van der Waals surface area contributed by atoms with Gasteiger partial charge in [-0.05, 0) is 52.4 Å². The number of anilines is 1. The minimum Gasteiger partial charge on any atom is -0.491 e. The number of hydrogen-bond donors (Lipinski definition) is 2. The number of likely N-dealkylation sites (N-methyl/N-ethyl adjacent to an activating group) is 1. The highest BCUT2D eigenvalue weighted by atomic mass is 35.5. The van der Waals surface area contributed by atoms with E-state index in [-0.39, 0.29) is 24.8 Å². The van der Waals surface area contributed by atoms with Crippen LogP contribution in [-0.2, 0) is 4.74 Å². The number of carbonyl (C=O) groups is 1. The molecule has 12 heteroatoms. The maximum absolute atomic E-state index is 12.2. The molecule has 11 nitrogen and oxygen atoms in total. The summed E-state index contributed by atoms with van der Waals surface area (Å²) in [5.41, 5.74) is 3.76. The lowest BCUT2D eigenvalue weighted by atomic mass is 10.0. The van der Waals surface area contributed by atoms with Gasteiger partial charge in [0, 0.05) is 30.8 Å². The minimum absolute atomic E-state index is 0.0483. The molecule has 4 heterocycles. The van der Waals surface area contributed by atoms with Gasteiger partial charge < -0.3 is 34.2 Å². The molecule has 0 unspecified atom stereocenters. The summed E-state index contributed by atoms with van der Waals surface area (Å²) in [4.78, 5) is 26.2. The number of aliphatic hydroxyl groups excluding tert-OH is 1. The quantitative estimate of drug-likeness (QED) is 0.426. The third-order valence-electron chi connectivity index (χ3n) is 7.37. The first-order valence-corrected chi connectivity index (χ1v) is 13.3. The standard InChI is InChI=1S/C27H33ClN6O5/c1-14-24(23-15(2)32-39-16(23)3)30-25(21-9-20(6-7-22(21)28)38-13-19(35)10-29-4)31-26(14)33-11-18-8-17(33)12-34(18)27(36)37-5/h6-7,9,17-19,29,35H,8,10-13H2,1-5H3/t17-,18-,19-/m1/s1. The average Bonchev–Trinajstić information content (AvgIpc) is 3.62. The Morgan fingerprint density at radius 2 is 2.05 bits per heavy atom. The maximum Gasteiger partial charge on any atom is 0.409 e. The molecular formula is C27H33ClN6O5. The summed E-state index contributed by atoms with van der Waals surface area (Å²) in [5, 5.41) is 17.6. The van der Waals surface area contributed by atoms with Crippen LogP contribution < -0.4 is 15.0 Å². The van der Waals surface area contributed by atoms with Gasteiger partial charge in [0.05, 0.1) is 41.2 Å². The Bertz CT molecular complexity index is 1360. The second-order valence-electron chi connectivity index (χ2n) is 10.0. The van der Waals surface area contributed by atoms with Gasteiger partial charge in [0.15, 0.2) is 5.82 Å². The van der Waals surface area contributed by atoms with Crippen LogP contribution in [0.4, 0.5) is 10.6 Å². The number of carbonyl (C=O) groups excluding carboxylic acids is 1. The Hall–Kier alpha value is -3.41. The lowest BCUT2D eigenvalue weighted by molar-refractivity contribution is 0.108. The number of nitrogens with zero attached hydrogens (tertiary/aromatic N) is 5. The second kappa shape index (κ2) is 11.0. The van der Waals surface area contributed by atoms with Crippen LogP contribution in [0, 0.1) is 20.8 Å². The molecule has 0 spiro atoms. The van der Waals surface area contributed by atoms with Crippen molar-refractivity contribution in [3.05, 3.63) is 40.2 Å². The number of rotatable bonds is 8. The van der Waals surface area contributed by atoms with E-state index in [1.807, 2.05) is 20.8 Å². The first kappa shape index (κ1) is 27.2. The van der Waals surface area contributed by atoms with Crippen LogP contribution in [0.1, 0.15) is 23.4 Å². The SMILES string of the molecule is CNC[C@@H](O)COc1ccc(Cl)c(-c2nc(-c3c(C)noc3C)c(C)c(N3C[C@H]4C[C@@H]3CN4C(=O)OC)n2)c1. The smallest absolute Gasteiger partial charge is 0.409 e. The Labute approximate surface area is 232 Å². The highest BCUT2D eigenvalue weighted by Crippen LogP contribution is 2.41. The highest BCUT2D eigenvalue weighted by Gasteiger charge is 2.47. The fourth-order valence-corrected chi connectivity index (χ4v) is 5.69. The zero-order chi connectivity index (χ0) is 27.8. The Morgan fingerprint density at radius 3 is 2.69 bits per heavy atom. The first-order valence-electron chi connectivity index (χ1n) is 12.9. The van der Waals surface area contributed by atoms with Crippen LogP contribution in [0.2, 0.25) is 5.02 Å². The van der Waals surface area contributed by atoms with Crippen LogP contribution in [0.3, 0.4) is 0 Å². The summed E-state index contributed by atoms with van der Waals surface area (Å²) in [6.07, 6.45) is -0.118. The topological polar surface area (TPSA) is 126 Å². The molecule has 3 aromatic rings. The summed E-state index contributed by atoms with van der Waals surface area (Å²) in [6.45, 7) is 7.48. The molecule has 3 atom stereocenters. The first-order chi connectivity index (χ1) is 18.7. The average molecular weight is 557 g/mol. The van der Waals surface area contributed by atoms with Gasteiger partial charge >= 0.3 is 6.09 Å². The van der Waals surface area contributed by atoms with Gasteiger partial charge in [0.1, 0.15) is 30.0 Å². The van der Waals surface area contributed by atoms with Crippen molar-refractivity contribution in [3.63, 3.8) is 0 Å². The van der Waals surface area contributed by atoms with E-state index in [0.29, 0.717) is 53.2 Å². The van der Waals surface area contributed by atoms with Gasteiger partial charge in [0.25, 0.3) is 0 Å². The molecule has 2 aliphatic heterocycles. The minimum atomic E-state index is -0.655. The van der Waals surface area contributed by atoms with Crippen LogP contribution >= 0.6 is 11.6 Å². The highest BCUT2D eigenvalue weighted by molar-refractivity contribution is 6.33. The fourth-order valence-electron chi connectivity index (χ4n) is 5.49. The van der Waals surface area contributed by atoms with Gasteiger partial charge in [0.2, 0.25) is 0 Å². The maximum atomic E-state index is 12.2. The van der Waals surface area contributed by atoms with Crippen molar-refractivity contribution in [2.24, 2.45) is 0 Å². The summed E-state index contributed by atoms with van der Waals surface area (Å²) >= 11 is 6.67. The Balaban J connectivity index is 1.57. The number of nitrogens with one attached hydrogen (secondary N) is 1. The van der Waals surface area contributed by atoms with Crippen molar-refractivity contribution in [1.29, 1.82) is 0 Å². The Morgan fingerprint density at radius 1 is 1.26 bits per heavy atom. The molecule has 39 heavy (non-hydrogen) atoms. The lowest BCUT2D eigenvalue weighted by Crippen LogP contribution is -2.49. The van der Waals surface area contributed by atoms with Gasteiger partial charge in [-0.3, -0.25) is 0 Å². The number of amides is 1. The van der Waals surface area contributed by atoms with E-state index in [2.05, 4.69) is 15.4 Å². The van der Waals surface area contributed by atoms with Crippen LogP contribution in [0.5, 0.6) is 5.75 Å². The summed E-state index contributed by atoms with van der Waals surface area (Å²) in [7, 11) is 3.18. The number of fused-ring (bicyclic) bond motifs is 2. The monoisotopic (exact) mass is 556 g/mol. The number of ether oxygens (including phenoxy) is 2. The van der Waals surface area contributed by atoms with E-state index in [1.54, 1.807) is 30.1 Å². The number of benzene rings is 1. The number of likely N-dealkylation sites (tertiary alicyclic amines) is 1. The van der Waals surface area contributed by atoms with Crippen molar-refractivity contribution in [2.45, 2.75) is 45.4 Å². The van der Waals surface area contributed by atoms with Gasteiger partial charge in [-0.1, -0.05) is 16.8 Å². The van der Waals surface area contributed by atoms with Crippen molar-refractivity contribution >= 4 is 23.5 Å². The molecule has 2 saturated heterocycles. The predicted octanol–water partition coefficient (Wildman–Crippen LogP) is 3.37. The van der Waals surface area contributed by atoms with E-state index in [9.17, 15) is 9.90 Å². The number of hydrogen-bond acceptors (Lipinski definition) is 10. The van der Waals surface area contributed by atoms with E-state index in [4.69, 9.17) is 35.6 Å². The fraction of sp³-hybridized carbons (Fsp3) is 0.481. The molecule has 0 radical (unpaired) electrons. The van der Waals surface area contributed by atoms with E-state index in [1.165, 1.54) is 7.11 Å². The molecular weight excluding hydrogens is 524 g/mol. The number of aromatic nitrogens is 3. The van der Waals surface area contributed by atoms with Gasteiger partial charge in [-0.2, -0.15) is 0 Å². The normalized spacial score (nSPS) is 19.1. The second-order valence-corrected chi connectivity index (χ2v) is 10.4. The third kappa shape index (κ3) is 5.13.